The van der Waals surface area contributed by atoms with Gasteiger partial charge in [-0.15, -0.1) is 0 Å². The van der Waals surface area contributed by atoms with Crippen molar-refractivity contribution in [3.05, 3.63) is 16.5 Å². The SMILES string of the molecule is CC1(Nc2cc(Br)nc(C3CC3)n2)CCCC1. The van der Waals surface area contributed by atoms with E-state index in [0.29, 0.717) is 5.92 Å². The van der Waals surface area contributed by atoms with Crippen LogP contribution in [0.15, 0.2) is 10.7 Å². The van der Waals surface area contributed by atoms with Crippen molar-refractivity contribution >= 4 is 21.7 Å². The van der Waals surface area contributed by atoms with Crippen LogP contribution in [0, 0.1) is 0 Å². The van der Waals surface area contributed by atoms with Gasteiger partial charge < -0.3 is 5.32 Å². The molecule has 2 saturated carbocycles. The summed E-state index contributed by atoms with van der Waals surface area (Å²) in [7, 11) is 0. The first-order valence-electron chi connectivity index (χ1n) is 6.47. The largest absolute Gasteiger partial charge is 0.365 e. The van der Waals surface area contributed by atoms with Gasteiger partial charge in [0, 0.05) is 17.5 Å². The van der Waals surface area contributed by atoms with E-state index < -0.39 is 0 Å². The molecule has 0 bridgehead atoms. The molecule has 1 aromatic heterocycles. The second-order valence-corrected chi connectivity index (χ2v) is 6.41. The Hall–Kier alpha value is -0.640. The maximum Gasteiger partial charge on any atom is 0.135 e. The Labute approximate surface area is 111 Å². The third kappa shape index (κ3) is 2.62. The summed E-state index contributed by atoms with van der Waals surface area (Å²) in [6.07, 6.45) is 7.62. The molecule has 1 N–H and O–H groups in total. The number of halogens is 1. The van der Waals surface area contributed by atoms with E-state index in [1.807, 2.05) is 6.07 Å². The van der Waals surface area contributed by atoms with Crippen LogP contribution in [-0.2, 0) is 0 Å². The maximum absolute atomic E-state index is 4.65. The summed E-state index contributed by atoms with van der Waals surface area (Å²) in [5, 5.41) is 3.60. The van der Waals surface area contributed by atoms with E-state index in [2.05, 4.69) is 38.1 Å². The molecule has 3 rings (SSSR count). The van der Waals surface area contributed by atoms with Gasteiger partial charge in [-0.2, -0.15) is 0 Å². The van der Waals surface area contributed by atoms with Gasteiger partial charge in [0.15, 0.2) is 0 Å². The van der Waals surface area contributed by atoms with Gasteiger partial charge >= 0.3 is 0 Å². The quantitative estimate of drug-likeness (QED) is 0.861. The summed E-state index contributed by atoms with van der Waals surface area (Å²) in [5.74, 6) is 2.59. The minimum Gasteiger partial charge on any atom is -0.365 e. The highest BCUT2D eigenvalue weighted by atomic mass is 79.9. The molecule has 2 aliphatic rings. The van der Waals surface area contributed by atoms with E-state index in [1.54, 1.807) is 0 Å². The average Bonchev–Trinajstić information content (AvgIpc) is 3.02. The van der Waals surface area contributed by atoms with Crippen LogP contribution in [0.3, 0.4) is 0 Å². The molecule has 0 radical (unpaired) electrons. The molecule has 92 valence electrons. The van der Waals surface area contributed by atoms with Crippen molar-refractivity contribution in [2.24, 2.45) is 0 Å². The lowest BCUT2D eigenvalue weighted by molar-refractivity contribution is 0.530. The summed E-state index contributed by atoms with van der Waals surface area (Å²) in [6.45, 7) is 2.30. The smallest absolute Gasteiger partial charge is 0.135 e. The predicted molar refractivity (Wildman–Crippen MR) is 72.2 cm³/mol. The number of anilines is 1. The highest BCUT2D eigenvalue weighted by Gasteiger charge is 2.30. The second kappa shape index (κ2) is 4.23. The zero-order chi connectivity index (χ0) is 11.9. The third-order valence-electron chi connectivity index (χ3n) is 3.79. The molecule has 0 amide bonds. The van der Waals surface area contributed by atoms with Crippen molar-refractivity contribution in [3.63, 3.8) is 0 Å². The van der Waals surface area contributed by atoms with Crippen LogP contribution < -0.4 is 5.32 Å². The first-order chi connectivity index (χ1) is 8.15. The fourth-order valence-electron chi connectivity index (χ4n) is 2.61. The zero-order valence-corrected chi connectivity index (χ0v) is 11.8. The van der Waals surface area contributed by atoms with Gasteiger partial charge in [-0.1, -0.05) is 12.8 Å². The van der Waals surface area contributed by atoms with Gasteiger partial charge in [-0.25, -0.2) is 9.97 Å². The molecule has 0 aromatic carbocycles. The van der Waals surface area contributed by atoms with Crippen molar-refractivity contribution in [2.75, 3.05) is 5.32 Å². The van der Waals surface area contributed by atoms with E-state index >= 15 is 0 Å². The van der Waals surface area contributed by atoms with E-state index in [1.165, 1.54) is 38.5 Å². The lowest BCUT2D eigenvalue weighted by Crippen LogP contribution is -2.31. The maximum atomic E-state index is 4.65. The lowest BCUT2D eigenvalue weighted by Gasteiger charge is -2.26. The zero-order valence-electron chi connectivity index (χ0n) is 10.2. The normalized spacial score (nSPS) is 22.7. The molecular weight excluding hydrogens is 278 g/mol. The Morgan fingerprint density at radius 2 is 2.00 bits per heavy atom. The van der Waals surface area contributed by atoms with Crippen LogP contribution in [0.25, 0.3) is 0 Å². The Balaban J connectivity index is 1.81. The molecule has 0 unspecified atom stereocenters. The number of nitrogens with one attached hydrogen (secondary N) is 1. The number of hydrogen-bond acceptors (Lipinski definition) is 3. The summed E-state index contributed by atoms with van der Waals surface area (Å²) < 4.78 is 0.901. The molecule has 2 fully saturated rings. The molecule has 0 spiro atoms. The minimum absolute atomic E-state index is 0.231. The topological polar surface area (TPSA) is 37.8 Å². The molecule has 0 saturated heterocycles. The lowest BCUT2D eigenvalue weighted by atomic mass is 10.0. The number of aromatic nitrogens is 2. The van der Waals surface area contributed by atoms with Crippen LogP contribution in [0.2, 0.25) is 0 Å². The van der Waals surface area contributed by atoms with Crippen LogP contribution in [0.5, 0.6) is 0 Å². The molecule has 1 aromatic rings. The van der Waals surface area contributed by atoms with Crippen molar-refractivity contribution in [1.29, 1.82) is 0 Å². The van der Waals surface area contributed by atoms with E-state index in [9.17, 15) is 0 Å². The monoisotopic (exact) mass is 295 g/mol. The Kier molecular flexibility index (Phi) is 2.85. The van der Waals surface area contributed by atoms with Gasteiger partial charge in [0.2, 0.25) is 0 Å². The van der Waals surface area contributed by atoms with Gasteiger partial charge in [-0.3, -0.25) is 0 Å². The molecular formula is C13H18BrN3. The van der Waals surface area contributed by atoms with Crippen molar-refractivity contribution < 1.29 is 0 Å². The highest BCUT2D eigenvalue weighted by molar-refractivity contribution is 9.10. The van der Waals surface area contributed by atoms with E-state index in [-0.39, 0.29) is 5.54 Å². The molecule has 17 heavy (non-hydrogen) atoms. The molecule has 2 aliphatic carbocycles. The fraction of sp³-hybridized carbons (Fsp3) is 0.692. The molecule has 0 atom stereocenters. The second-order valence-electron chi connectivity index (χ2n) is 5.60. The summed E-state index contributed by atoms with van der Waals surface area (Å²) >= 11 is 3.48. The Morgan fingerprint density at radius 1 is 1.29 bits per heavy atom. The molecule has 0 aliphatic heterocycles. The first kappa shape index (κ1) is 11.5. The number of nitrogens with zero attached hydrogens (tertiary/aromatic N) is 2. The molecule has 4 heteroatoms. The van der Waals surface area contributed by atoms with Crippen molar-refractivity contribution in [2.45, 2.75) is 56.9 Å². The fourth-order valence-corrected chi connectivity index (χ4v) is 3.01. The van der Waals surface area contributed by atoms with Gasteiger partial charge in [0.1, 0.15) is 16.2 Å². The predicted octanol–water partition coefficient (Wildman–Crippen LogP) is 3.86. The minimum atomic E-state index is 0.231. The Morgan fingerprint density at radius 3 is 2.65 bits per heavy atom. The first-order valence-corrected chi connectivity index (χ1v) is 7.27. The van der Waals surface area contributed by atoms with Crippen molar-refractivity contribution in [1.82, 2.24) is 9.97 Å². The average molecular weight is 296 g/mol. The van der Waals surface area contributed by atoms with Crippen LogP contribution in [0.1, 0.15) is 57.2 Å². The van der Waals surface area contributed by atoms with Crippen LogP contribution in [-0.4, -0.2) is 15.5 Å². The third-order valence-corrected chi connectivity index (χ3v) is 4.20. The van der Waals surface area contributed by atoms with Gasteiger partial charge in [0.25, 0.3) is 0 Å². The van der Waals surface area contributed by atoms with Crippen LogP contribution in [0.4, 0.5) is 5.82 Å². The molecule has 3 nitrogen and oxygen atoms in total. The highest BCUT2D eigenvalue weighted by Crippen LogP contribution is 2.39. The standard InChI is InChI=1S/C13H18BrN3/c1-13(6-2-3-7-13)17-11-8-10(14)15-12(16-11)9-4-5-9/h8-9H,2-7H2,1H3,(H,15,16,17). The summed E-state index contributed by atoms with van der Waals surface area (Å²) in [6, 6.07) is 2.00. The summed E-state index contributed by atoms with van der Waals surface area (Å²) in [5.41, 5.74) is 0.231. The van der Waals surface area contributed by atoms with E-state index in [0.717, 1.165) is 16.2 Å². The van der Waals surface area contributed by atoms with Crippen LogP contribution >= 0.6 is 15.9 Å². The number of hydrogen-bond donors (Lipinski definition) is 1. The van der Waals surface area contributed by atoms with Gasteiger partial charge in [-0.05, 0) is 48.5 Å². The Bertz CT molecular complexity index is 423. The molecule has 1 heterocycles. The summed E-state index contributed by atoms with van der Waals surface area (Å²) in [4.78, 5) is 9.11. The van der Waals surface area contributed by atoms with E-state index in [4.69, 9.17) is 0 Å². The number of rotatable bonds is 3. The van der Waals surface area contributed by atoms with Gasteiger partial charge in [0.05, 0.1) is 0 Å². The van der Waals surface area contributed by atoms with Crippen molar-refractivity contribution in [3.8, 4) is 0 Å².